The van der Waals surface area contributed by atoms with Crippen molar-refractivity contribution in [2.45, 2.75) is 20.3 Å². The van der Waals surface area contributed by atoms with E-state index in [1.54, 1.807) is 24.3 Å². The van der Waals surface area contributed by atoms with Crippen LogP contribution in [-0.2, 0) is 4.79 Å². The second-order valence-electron chi connectivity index (χ2n) is 5.29. The maximum atomic E-state index is 11.9. The zero-order valence-corrected chi connectivity index (χ0v) is 13.3. The molecule has 3 N–H and O–H groups in total. The van der Waals surface area contributed by atoms with Crippen LogP contribution in [0.25, 0.3) is 0 Å². The maximum Gasteiger partial charge on any atom is 0.248 e. The quantitative estimate of drug-likeness (QED) is 0.860. The van der Waals surface area contributed by atoms with Crippen molar-refractivity contribution in [2.75, 3.05) is 11.9 Å². The fraction of sp³-hybridized carbons (Fsp3) is 0.222. The first-order chi connectivity index (χ1) is 11.0. The van der Waals surface area contributed by atoms with Crippen molar-refractivity contribution in [3.63, 3.8) is 0 Å². The Morgan fingerprint density at radius 1 is 1.09 bits per heavy atom. The van der Waals surface area contributed by atoms with Crippen molar-refractivity contribution in [3.8, 4) is 5.75 Å². The van der Waals surface area contributed by atoms with Crippen molar-refractivity contribution >= 4 is 17.5 Å². The Morgan fingerprint density at radius 3 is 2.43 bits per heavy atom. The van der Waals surface area contributed by atoms with Crippen LogP contribution in [0, 0.1) is 13.8 Å². The molecule has 5 heteroatoms. The zero-order valence-electron chi connectivity index (χ0n) is 13.3. The zero-order chi connectivity index (χ0) is 16.8. The molecule has 2 aromatic rings. The summed E-state index contributed by atoms with van der Waals surface area (Å²) in [7, 11) is 0. The van der Waals surface area contributed by atoms with Crippen LogP contribution in [0.15, 0.2) is 42.5 Å². The van der Waals surface area contributed by atoms with Crippen LogP contribution in [0.2, 0.25) is 0 Å². The summed E-state index contributed by atoms with van der Waals surface area (Å²) in [5.41, 5.74) is 8.42. The monoisotopic (exact) mass is 312 g/mol. The SMILES string of the molecule is Cc1cccc(OCCC(=O)Nc2ccc(C(N)=O)cc2)c1C. The number of carbonyl (C=O) groups excluding carboxylic acids is 2. The first-order valence-corrected chi connectivity index (χ1v) is 7.36. The van der Waals surface area contributed by atoms with Gasteiger partial charge in [-0.3, -0.25) is 9.59 Å². The number of rotatable bonds is 6. The minimum absolute atomic E-state index is 0.151. The van der Waals surface area contributed by atoms with Crippen LogP contribution in [-0.4, -0.2) is 18.4 Å². The predicted octanol–water partition coefficient (Wildman–Crippen LogP) is 2.81. The van der Waals surface area contributed by atoms with Gasteiger partial charge in [0.05, 0.1) is 13.0 Å². The second-order valence-corrected chi connectivity index (χ2v) is 5.29. The molecule has 5 nitrogen and oxygen atoms in total. The lowest BCUT2D eigenvalue weighted by molar-refractivity contribution is -0.116. The number of hydrogen-bond donors (Lipinski definition) is 2. The van der Waals surface area contributed by atoms with Gasteiger partial charge in [0.2, 0.25) is 11.8 Å². The summed E-state index contributed by atoms with van der Waals surface area (Å²) in [4.78, 5) is 22.9. The molecular formula is C18H20N2O3. The number of primary amides is 1. The van der Waals surface area contributed by atoms with Gasteiger partial charge in [0.15, 0.2) is 0 Å². The van der Waals surface area contributed by atoms with E-state index in [-0.39, 0.29) is 12.3 Å². The summed E-state index contributed by atoms with van der Waals surface area (Å²) in [5, 5.41) is 2.75. The maximum absolute atomic E-state index is 11.9. The third kappa shape index (κ3) is 4.57. The van der Waals surface area contributed by atoms with Crippen molar-refractivity contribution < 1.29 is 14.3 Å². The van der Waals surface area contributed by atoms with Gasteiger partial charge >= 0.3 is 0 Å². The molecule has 0 aromatic heterocycles. The van der Waals surface area contributed by atoms with Crippen LogP contribution in [0.1, 0.15) is 27.9 Å². The Hall–Kier alpha value is -2.82. The first-order valence-electron chi connectivity index (χ1n) is 7.36. The van der Waals surface area contributed by atoms with Gasteiger partial charge < -0.3 is 15.8 Å². The van der Waals surface area contributed by atoms with E-state index >= 15 is 0 Å². The molecule has 0 aliphatic rings. The standard InChI is InChI=1S/C18H20N2O3/c1-12-4-3-5-16(13(12)2)23-11-10-17(21)20-15-8-6-14(7-9-15)18(19)22/h3-9H,10-11H2,1-2H3,(H2,19,22)(H,20,21). The summed E-state index contributed by atoms with van der Waals surface area (Å²) in [6.45, 7) is 4.31. The molecule has 0 atom stereocenters. The minimum atomic E-state index is -0.496. The highest BCUT2D eigenvalue weighted by Gasteiger charge is 2.06. The van der Waals surface area contributed by atoms with Crippen LogP contribution >= 0.6 is 0 Å². The van der Waals surface area contributed by atoms with Crippen LogP contribution in [0.5, 0.6) is 5.75 Å². The van der Waals surface area contributed by atoms with Crippen molar-refractivity contribution in [2.24, 2.45) is 5.73 Å². The number of hydrogen-bond acceptors (Lipinski definition) is 3. The van der Waals surface area contributed by atoms with E-state index in [1.807, 2.05) is 32.0 Å². The lowest BCUT2D eigenvalue weighted by Crippen LogP contribution is -2.16. The number of anilines is 1. The Labute approximate surface area is 135 Å². The molecule has 0 unspecified atom stereocenters. The number of nitrogens with one attached hydrogen (secondary N) is 1. The van der Waals surface area contributed by atoms with Gasteiger partial charge in [-0.15, -0.1) is 0 Å². The van der Waals surface area contributed by atoms with E-state index in [0.29, 0.717) is 17.9 Å². The Bertz CT molecular complexity index is 709. The average molecular weight is 312 g/mol. The molecule has 120 valence electrons. The van der Waals surface area contributed by atoms with Crippen LogP contribution in [0.4, 0.5) is 5.69 Å². The summed E-state index contributed by atoms with van der Waals surface area (Å²) >= 11 is 0. The average Bonchev–Trinajstić information content (AvgIpc) is 2.52. The molecule has 0 fully saturated rings. The molecule has 0 bridgehead atoms. The first kappa shape index (κ1) is 16.5. The van der Waals surface area contributed by atoms with Gasteiger partial charge in [-0.05, 0) is 55.3 Å². The smallest absolute Gasteiger partial charge is 0.248 e. The Morgan fingerprint density at radius 2 is 1.78 bits per heavy atom. The molecule has 0 spiro atoms. The summed E-state index contributed by atoms with van der Waals surface area (Å²) < 4.78 is 5.65. The van der Waals surface area contributed by atoms with Crippen molar-refractivity contribution in [3.05, 3.63) is 59.2 Å². The van der Waals surface area contributed by atoms with Gasteiger partial charge in [0, 0.05) is 11.3 Å². The highest BCUT2D eigenvalue weighted by Crippen LogP contribution is 2.20. The van der Waals surface area contributed by atoms with E-state index in [0.717, 1.165) is 16.9 Å². The van der Waals surface area contributed by atoms with Crippen molar-refractivity contribution in [1.82, 2.24) is 0 Å². The molecule has 2 aromatic carbocycles. The highest BCUT2D eigenvalue weighted by molar-refractivity contribution is 5.94. The molecule has 0 saturated carbocycles. The second kappa shape index (κ2) is 7.45. The molecular weight excluding hydrogens is 292 g/mol. The molecule has 0 saturated heterocycles. The highest BCUT2D eigenvalue weighted by atomic mass is 16.5. The minimum Gasteiger partial charge on any atom is -0.493 e. The fourth-order valence-electron chi connectivity index (χ4n) is 2.08. The number of nitrogens with two attached hydrogens (primary N) is 1. The fourth-order valence-corrected chi connectivity index (χ4v) is 2.08. The lowest BCUT2D eigenvalue weighted by atomic mass is 10.1. The van der Waals surface area contributed by atoms with Gasteiger partial charge in [0.25, 0.3) is 0 Å². The number of ether oxygens (including phenoxy) is 1. The Balaban J connectivity index is 1.83. The number of amides is 2. The number of benzene rings is 2. The molecule has 23 heavy (non-hydrogen) atoms. The van der Waals surface area contributed by atoms with Crippen LogP contribution < -0.4 is 15.8 Å². The van der Waals surface area contributed by atoms with Crippen LogP contribution in [0.3, 0.4) is 0 Å². The topological polar surface area (TPSA) is 81.4 Å². The number of carbonyl (C=O) groups is 2. The summed E-state index contributed by atoms with van der Waals surface area (Å²) in [6, 6.07) is 12.3. The Kier molecular flexibility index (Phi) is 5.36. The lowest BCUT2D eigenvalue weighted by Gasteiger charge is -2.11. The molecule has 2 rings (SSSR count). The van der Waals surface area contributed by atoms with E-state index < -0.39 is 5.91 Å². The number of aryl methyl sites for hydroxylation is 1. The van der Waals surface area contributed by atoms with Gasteiger partial charge in [0.1, 0.15) is 5.75 Å². The molecule has 2 amide bonds. The van der Waals surface area contributed by atoms with E-state index in [2.05, 4.69) is 5.32 Å². The predicted molar refractivity (Wildman–Crippen MR) is 89.6 cm³/mol. The van der Waals surface area contributed by atoms with Gasteiger partial charge in [-0.25, -0.2) is 0 Å². The van der Waals surface area contributed by atoms with E-state index in [9.17, 15) is 9.59 Å². The summed E-state index contributed by atoms with van der Waals surface area (Å²) in [5.74, 6) is 0.149. The molecule has 0 heterocycles. The largest absolute Gasteiger partial charge is 0.493 e. The van der Waals surface area contributed by atoms with E-state index in [4.69, 9.17) is 10.5 Å². The van der Waals surface area contributed by atoms with Gasteiger partial charge in [-0.1, -0.05) is 12.1 Å². The third-order valence-corrected chi connectivity index (χ3v) is 3.59. The normalized spacial score (nSPS) is 10.2. The molecule has 0 radical (unpaired) electrons. The molecule has 0 aliphatic carbocycles. The van der Waals surface area contributed by atoms with Crippen molar-refractivity contribution in [1.29, 1.82) is 0 Å². The third-order valence-electron chi connectivity index (χ3n) is 3.59. The van der Waals surface area contributed by atoms with Gasteiger partial charge in [-0.2, -0.15) is 0 Å². The molecule has 0 aliphatic heterocycles. The summed E-state index contributed by atoms with van der Waals surface area (Å²) in [6.07, 6.45) is 0.241. The van der Waals surface area contributed by atoms with E-state index in [1.165, 1.54) is 0 Å².